The van der Waals surface area contributed by atoms with Crippen molar-refractivity contribution in [1.29, 1.82) is 0 Å². The minimum absolute atomic E-state index is 0.0345. The number of fused-ring (bicyclic) bond motifs is 1. The summed E-state index contributed by atoms with van der Waals surface area (Å²) in [7, 11) is 0. The minimum atomic E-state index is -0.0345. The lowest BCUT2D eigenvalue weighted by Crippen LogP contribution is -2.18. The van der Waals surface area contributed by atoms with Crippen LogP contribution in [0.15, 0.2) is 42.5 Å². The Morgan fingerprint density at radius 3 is 2.76 bits per heavy atom. The lowest BCUT2D eigenvalue weighted by Gasteiger charge is -2.29. The predicted molar refractivity (Wildman–Crippen MR) is 84.7 cm³/mol. The van der Waals surface area contributed by atoms with Gasteiger partial charge in [-0.3, -0.25) is 0 Å². The van der Waals surface area contributed by atoms with Crippen LogP contribution < -0.4 is 10.5 Å². The van der Waals surface area contributed by atoms with Gasteiger partial charge in [-0.1, -0.05) is 42.8 Å². The first kappa shape index (κ1) is 12.9. The topological polar surface area (TPSA) is 35.2 Å². The Balaban J connectivity index is 1.69. The van der Waals surface area contributed by atoms with E-state index in [0.717, 1.165) is 18.8 Å². The highest BCUT2D eigenvalue weighted by Gasteiger charge is 2.24. The van der Waals surface area contributed by atoms with Gasteiger partial charge in [-0.25, -0.2) is 0 Å². The normalized spacial score (nSPS) is 18.7. The summed E-state index contributed by atoms with van der Waals surface area (Å²) in [6, 6.07) is 15.1. The van der Waals surface area contributed by atoms with Gasteiger partial charge >= 0.3 is 0 Å². The van der Waals surface area contributed by atoms with Crippen molar-refractivity contribution in [3.05, 3.63) is 64.7 Å². The number of ether oxygens (including phenoxy) is 1. The first-order valence-electron chi connectivity index (χ1n) is 7.93. The molecule has 1 unspecified atom stereocenters. The van der Waals surface area contributed by atoms with Crippen LogP contribution in [-0.2, 0) is 6.42 Å². The molecule has 0 radical (unpaired) electrons. The fourth-order valence-corrected chi connectivity index (χ4v) is 3.46. The number of benzene rings is 2. The molecule has 2 aliphatic rings. The molecule has 2 nitrogen and oxygen atoms in total. The van der Waals surface area contributed by atoms with E-state index in [4.69, 9.17) is 10.5 Å². The van der Waals surface area contributed by atoms with E-state index < -0.39 is 0 Å². The van der Waals surface area contributed by atoms with E-state index in [1.165, 1.54) is 41.5 Å². The highest BCUT2D eigenvalue weighted by atomic mass is 16.5. The Morgan fingerprint density at radius 2 is 1.95 bits per heavy atom. The van der Waals surface area contributed by atoms with E-state index in [2.05, 4.69) is 42.5 Å². The molecule has 21 heavy (non-hydrogen) atoms. The van der Waals surface area contributed by atoms with Gasteiger partial charge in [-0.2, -0.15) is 0 Å². The van der Waals surface area contributed by atoms with Crippen LogP contribution in [0, 0.1) is 0 Å². The fourth-order valence-electron chi connectivity index (χ4n) is 3.46. The summed E-state index contributed by atoms with van der Waals surface area (Å²) in [6.45, 7) is 0.798. The van der Waals surface area contributed by atoms with E-state index in [0.29, 0.717) is 5.92 Å². The highest BCUT2D eigenvalue weighted by Crippen LogP contribution is 2.40. The third-order valence-electron chi connectivity index (χ3n) is 4.95. The summed E-state index contributed by atoms with van der Waals surface area (Å²) in [5.41, 5.74) is 11.8. The third kappa shape index (κ3) is 2.24. The van der Waals surface area contributed by atoms with Crippen LogP contribution in [0.4, 0.5) is 0 Å². The summed E-state index contributed by atoms with van der Waals surface area (Å²) in [6.07, 6.45) is 4.97. The maximum absolute atomic E-state index is 6.59. The molecule has 4 rings (SSSR count). The van der Waals surface area contributed by atoms with Gasteiger partial charge in [0.25, 0.3) is 0 Å². The Bertz CT molecular complexity index is 660. The molecule has 2 aromatic rings. The Kier molecular flexibility index (Phi) is 3.19. The Morgan fingerprint density at radius 1 is 1.10 bits per heavy atom. The van der Waals surface area contributed by atoms with Crippen molar-refractivity contribution in [2.45, 2.75) is 37.6 Å². The predicted octanol–water partition coefficient (Wildman–Crippen LogP) is 3.94. The molecule has 0 aromatic heterocycles. The zero-order valence-corrected chi connectivity index (χ0v) is 12.2. The lowest BCUT2D eigenvalue weighted by molar-refractivity contribution is 0.357. The summed E-state index contributed by atoms with van der Waals surface area (Å²) in [5.74, 6) is 1.74. The SMILES string of the molecule is NC(c1ccc2c(c1)CCO2)c1ccccc1C1CCC1. The van der Waals surface area contributed by atoms with Crippen molar-refractivity contribution < 1.29 is 4.74 Å². The first-order chi connectivity index (χ1) is 10.3. The van der Waals surface area contributed by atoms with E-state index >= 15 is 0 Å². The molecule has 2 aromatic carbocycles. The van der Waals surface area contributed by atoms with Gasteiger partial charge in [0.05, 0.1) is 12.6 Å². The van der Waals surface area contributed by atoms with Crippen LogP contribution in [0.5, 0.6) is 5.75 Å². The van der Waals surface area contributed by atoms with Gasteiger partial charge < -0.3 is 10.5 Å². The van der Waals surface area contributed by atoms with Gasteiger partial charge in [0.1, 0.15) is 5.75 Å². The van der Waals surface area contributed by atoms with Crippen molar-refractivity contribution in [1.82, 2.24) is 0 Å². The largest absolute Gasteiger partial charge is 0.493 e. The van der Waals surface area contributed by atoms with E-state index in [-0.39, 0.29) is 6.04 Å². The molecule has 0 bridgehead atoms. The molecular formula is C19H21NO. The molecule has 1 fully saturated rings. The molecule has 0 spiro atoms. The number of nitrogens with two attached hydrogens (primary N) is 1. The second kappa shape index (κ2) is 5.19. The van der Waals surface area contributed by atoms with E-state index in [9.17, 15) is 0 Å². The minimum Gasteiger partial charge on any atom is -0.493 e. The second-order valence-corrected chi connectivity index (χ2v) is 6.20. The van der Waals surface area contributed by atoms with Gasteiger partial charge in [-0.05, 0) is 47.1 Å². The van der Waals surface area contributed by atoms with Crippen molar-refractivity contribution in [3.8, 4) is 5.75 Å². The van der Waals surface area contributed by atoms with E-state index in [1.54, 1.807) is 0 Å². The first-order valence-corrected chi connectivity index (χ1v) is 7.93. The molecule has 1 aliphatic carbocycles. The highest BCUT2D eigenvalue weighted by molar-refractivity contribution is 5.45. The number of hydrogen-bond donors (Lipinski definition) is 1. The van der Waals surface area contributed by atoms with Crippen molar-refractivity contribution in [3.63, 3.8) is 0 Å². The van der Waals surface area contributed by atoms with Gasteiger partial charge in [0.2, 0.25) is 0 Å². The Labute approximate surface area is 125 Å². The molecule has 1 heterocycles. The average Bonchev–Trinajstić information content (AvgIpc) is 2.92. The fraction of sp³-hybridized carbons (Fsp3) is 0.368. The quantitative estimate of drug-likeness (QED) is 0.923. The molecule has 2 heteroatoms. The summed E-state index contributed by atoms with van der Waals surface area (Å²) >= 11 is 0. The van der Waals surface area contributed by atoms with Crippen LogP contribution in [0.2, 0.25) is 0 Å². The van der Waals surface area contributed by atoms with Crippen molar-refractivity contribution in [2.75, 3.05) is 6.61 Å². The van der Waals surface area contributed by atoms with Crippen molar-refractivity contribution >= 4 is 0 Å². The van der Waals surface area contributed by atoms with Gasteiger partial charge in [0, 0.05) is 6.42 Å². The van der Waals surface area contributed by atoms with Gasteiger partial charge in [0.15, 0.2) is 0 Å². The maximum atomic E-state index is 6.59. The molecule has 1 atom stereocenters. The Hall–Kier alpha value is -1.80. The zero-order valence-electron chi connectivity index (χ0n) is 12.2. The van der Waals surface area contributed by atoms with Crippen LogP contribution >= 0.6 is 0 Å². The number of rotatable bonds is 3. The maximum Gasteiger partial charge on any atom is 0.122 e. The molecule has 1 saturated carbocycles. The summed E-state index contributed by atoms with van der Waals surface area (Å²) in [4.78, 5) is 0. The van der Waals surface area contributed by atoms with E-state index in [1.807, 2.05) is 0 Å². The molecular weight excluding hydrogens is 258 g/mol. The van der Waals surface area contributed by atoms with Crippen LogP contribution in [0.3, 0.4) is 0 Å². The molecule has 0 amide bonds. The van der Waals surface area contributed by atoms with Gasteiger partial charge in [-0.15, -0.1) is 0 Å². The molecule has 2 N–H and O–H groups in total. The van der Waals surface area contributed by atoms with Crippen LogP contribution in [0.1, 0.15) is 53.5 Å². The smallest absolute Gasteiger partial charge is 0.122 e. The van der Waals surface area contributed by atoms with Crippen molar-refractivity contribution in [2.24, 2.45) is 5.73 Å². The molecule has 0 saturated heterocycles. The van der Waals surface area contributed by atoms with Crippen LogP contribution in [0.25, 0.3) is 0 Å². The van der Waals surface area contributed by atoms with Crippen LogP contribution in [-0.4, -0.2) is 6.61 Å². The lowest BCUT2D eigenvalue weighted by atomic mass is 9.76. The summed E-state index contributed by atoms with van der Waals surface area (Å²) < 4.78 is 5.59. The zero-order chi connectivity index (χ0) is 14.2. The summed E-state index contributed by atoms with van der Waals surface area (Å²) in [5, 5.41) is 0. The average molecular weight is 279 g/mol. The number of hydrogen-bond acceptors (Lipinski definition) is 2. The monoisotopic (exact) mass is 279 g/mol. The second-order valence-electron chi connectivity index (χ2n) is 6.20. The third-order valence-corrected chi connectivity index (χ3v) is 4.95. The molecule has 1 aliphatic heterocycles. The standard InChI is InChI=1S/C19H21NO/c20-19(15-8-9-18-14(12-15)10-11-21-18)17-7-2-1-6-16(17)13-4-3-5-13/h1-2,6-9,12-13,19H,3-5,10-11,20H2. The molecule has 108 valence electrons.